The standard InChI is InChI=1S/C15H14FN3O/c1-15(2,3)14-18-7-6-13(19-14)20-12-5-4-10(9-17)8-11(12)16/h4-8H,1-3H3. The Bertz CT molecular complexity index is 672. The van der Waals surface area contributed by atoms with Crippen molar-refractivity contribution in [2.45, 2.75) is 26.2 Å². The maximum absolute atomic E-state index is 13.7. The molecule has 0 aliphatic rings. The van der Waals surface area contributed by atoms with Crippen molar-refractivity contribution >= 4 is 0 Å². The normalized spacial score (nSPS) is 10.9. The topological polar surface area (TPSA) is 58.8 Å². The van der Waals surface area contributed by atoms with Crippen LogP contribution in [0.5, 0.6) is 11.6 Å². The summed E-state index contributed by atoms with van der Waals surface area (Å²) in [5, 5.41) is 8.69. The second-order valence-electron chi connectivity index (χ2n) is 5.33. The minimum atomic E-state index is -0.597. The third-order valence-corrected chi connectivity index (χ3v) is 2.58. The van der Waals surface area contributed by atoms with E-state index in [1.54, 1.807) is 12.3 Å². The molecule has 0 bridgehead atoms. The molecule has 0 atom stereocenters. The van der Waals surface area contributed by atoms with Crippen LogP contribution in [0.25, 0.3) is 0 Å². The quantitative estimate of drug-likeness (QED) is 0.837. The number of nitrogens with zero attached hydrogens (tertiary/aromatic N) is 3. The van der Waals surface area contributed by atoms with Gasteiger partial charge in [-0.3, -0.25) is 0 Å². The summed E-state index contributed by atoms with van der Waals surface area (Å²) in [5.74, 6) is 0.320. The van der Waals surface area contributed by atoms with Gasteiger partial charge in [0.25, 0.3) is 0 Å². The van der Waals surface area contributed by atoms with Gasteiger partial charge < -0.3 is 4.74 Å². The van der Waals surface area contributed by atoms with E-state index in [0.29, 0.717) is 5.82 Å². The van der Waals surface area contributed by atoms with E-state index in [0.717, 1.165) is 6.07 Å². The van der Waals surface area contributed by atoms with Crippen LogP contribution in [0.4, 0.5) is 4.39 Å². The number of hydrogen-bond donors (Lipinski definition) is 0. The van der Waals surface area contributed by atoms with Crippen molar-refractivity contribution in [2.24, 2.45) is 0 Å². The van der Waals surface area contributed by atoms with Gasteiger partial charge in [-0.1, -0.05) is 20.8 Å². The van der Waals surface area contributed by atoms with Crippen molar-refractivity contribution in [1.82, 2.24) is 9.97 Å². The van der Waals surface area contributed by atoms with Gasteiger partial charge in [0.1, 0.15) is 5.82 Å². The van der Waals surface area contributed by atoms with Gasteiger partial charge in [-0.05, 0) is 18.2 Å². The Labute approximate surface area is 116 Å². The Kier molecular flexibility index (Phi) is 3.66. The molecule has 2 rings (SSSR count). The first kappa shape index (κ1) is 13.9. The second kappa shape index (κ2) is 5.25. The predicted molar refractivity (Wildman–Crippen MR) is 71.9 cm³/mol. The van der Waals surface area contributed by atoms with E-state index < -0.39 is 5.82 Å². The zero-order chi connectivity index (χ0) is 14.8. The molecule has 5 heteroatoms. The average Bonchev–Trinajstić information content (AvgIpc) is 2.40. The summed E-state index contributed by atoms with van der Waals surface area (Å²) in [6.07, 6.45) is 1.57. The minimum absolute atomic E-state index is 0.0301. The lowest BCUT2D eigenvalue weighted by Crippen LogP contribution is -2.15. The van der Waals surface area contributed by atoms with Gasteiger partial charge in [0.05, 0.1) is 11.6 Å². The number of benzene rings is 1. The molecule has 0 saturated heterocycles. The molecule has 0 amide bonds. The Morgan fingerprint density at radius 2 is 2.00 bits per heavy atom. The van der Waals surface area contributed by atoms with E-state index in [1.165, 1.54) is 12.1 Å². The van der Waals surface area contributed by atoms with Gasteiger partial charge in [-0.25, -0.2) is 9.37 Å². The molecule has 0 spiro atoms. The van der Waals surface area contributed by atoms with E-state index in [2.05, 4.69) is 9.97 Å². The Morgan fingerprint density at radius 3 is 2.60 bits per heavy atom. The fraction of sp³-hybridized carbons (Fsp3) is 0.267. The van der Waals surface area contributed by atoms with Crippen LogP contribution in [-0.2, 0) is 5.41 Å². The molecule has 0 radical (unpaired) electrons. The molecule has 0 fully saturated rings. The van der Waals surface area contributed by atoms with Crippen molar-refractivity contribution in [3.8, 4) is 17.7 Å². The van der Waals surface area contributed by atoms with Gasteiger partial charge in [-0.2, -0.15) is 10.2 Å². The van der Waals surface area contributed by atoms with Crippen LogP contribution in [0.2, 0.25) is 0 Å². The zero-order valence-electron chi connectivity index (χ0n) is 11.5. The van der Waals surface area contributed by atoms with E-state index in [-0.39, 0.29) is 22.6 Å². The van der Waals surface area contributed by atoms with Crippen LogP contribution in [0.3, 0.4) is 0 Å². The third-order valence-electron chi connectivity index (χ3n) is 2.58. The van der Waals surface area contributed by atoms with Crippen LogP contribution in [0, 0.1) is 17.1 Å². The van der Waals surface area contributed by atoms with E-state index in [4.69, 9.17) is 10.00 Å². The lowest BCUT2D eigenvalue weighted by atomic mass is 9.96. The van der Waals surface area contributed by atoms with Crippen LogP contribution < -0.4 is 4.74 Å². The number of halogens is 1. The predicted octanol–water partition coefficient (Wildman–Crippen LogP) is 3.58. The molecule has 1 aromatic carbocycles. The summed E-state index contributed by atoms with van der Waals surface area (Å²) in [6.45, 7) is 5.94. The summed E-state index contributed by atoms with van der Waals surface area (Å²) < 4.78 is 19.1. The van der Waals surface area contributed by atoms with Crippen molar-refractivity contribution in [3.05, 3.63) is 47.7 Å². The fourth-order valence-corrected chi connectivity index (χ4v) is 1.53. The minimum Gasteiger partial charge on any atom is -0.436 e. The summed E-state index contributed by atoms with van der Waals surface area (Å²) in [6, 6.07) is 7.46. The lowest BCUT2D eigenvalue weighted by Gasteiger charge is -2.16. The molecule has 20 heavy (non-hydrogen) atoms. The first-order chi connectivity index (χ1) is 9.40. The highest BCUT2D eigenvalue weighted by Gasteiger charge is 2.18. The number of hydrogen-bond acceptors (Lipinski definition) is 4. The first-order valence-electron chi connectivity index (χ1n) is 6.11. The molecule has 0 unspecified atom stereocenters. The monoisotopic (exact) mass is 271 g/mol. The molecule has 2 aromatic rings. The molecule has 0 aliphatic heterocycles. The van der Waals surface area contributed by atoms with Crippen molar-refractivity contribution in [2.75, 3.05) is 0 Å². The van der Waals surface area contributed by atoms with Gasteiger partial charge in [0, 0.05) is 17.7 Å². The Balaban J connectivity index is 2.29. The zero-order valence-corrected chi connectivity index (χ0v) is 11.5. The highest BCUT2D eigenvalue weighted by molar-refractivity contribution is 5.37. The number of rotatable bonds is 2. The number of aromatic nitrogens is 2. The SMILES string of the molecule is CC(C)(C)c1nccc(Oc2ccc(C#N)cc2F)n1. The van der Waals surface area contributed by atoms with E-state index in [9.17, 15) is 4.39 Å². The Hall–Kier alpha value is -2.48. The largest absolute Gasteiger partial charge is 0.436 e. The maximum Gasteiger partial charge on any atom is 0.222 e. The molecule has 1 heterocycles. The summed E-state index contributed by atoms with van der Waals surface area (Å²) in [7, 11) is 0. The second-order valence-corrected chi connectivity index (χ2v) is 5.33. The van der Waals surface area contributed by atoms with E-state index in [1.807, 2.05) is 26.8 Å². The van der Waals surface area contributed by atoms with Gasteiger partial charge in [0.2, 0.25) is 5.88 Å². The summed E-state index contributed by atoms with van der Waals surface area (Å²) in [4.78, 5) is 8.43. The average molecular weight is 271 g/mol. The highest BCUT2D eigenvalue weighted by Crippen LogP contribution is 2.25. The third kappa shape index (κ3) is 3.09. The highest BCUT2D eigenvalue weighted by atomic mass is 19.1. The fourth-order valence-electron chi connectivity index (χ4n) is 1.53. The van der Waals surface area contributed by atoms with Crippen molar-refractivity contribution in [1.29, 1.82) is 5.26 Å². The molecule has 0 saturated carbocycles. The first-order valence-corrected chi connectivity index (χ1v) is 6.11. The molecule has 1 aromatic heterocycles. The smallest absolute Gasteiger partial charge is 0.222 e. The van der Waals surface area contributed by atoms with Crippen molar-refractivity contribution < 1.29 is 9.13 Å². The summed E-state index contributed by atoms with van der Waals surface area (Å²) >= 11 is 0. The van der Waals surface area contributed by atoms with Crippen LogP contribution in [0.15, 0.2) is 30.5 Å². The molecular formula is C15H14FN3O. The van der Waals surface area contributed by atoms with Crippen molar-refractivity contribution in [3.63, 3.8) is 0 Å². The Morgan fingerprint density at radius 1 is 1.25 bits per heavy atom. The number of ether oxygens (including phenoxy) is 1. The maximum atomic E-state index is 13.7. The van der Waals surface area contributed by atoms with Gasteiger partial charge in [-0.15, -0.1) is 0 Å². The van der Waals surface area contributed by atoms with E-state index >= 15 is 0 Å². The lowest BCUT2D eigenvalue weighted by molar-refractivity contribution is 0.417. The summed E-state index contributed by atoms with van der Waals surface area (Å²) in [5.41, 5.74) is 0.0238. The van der Waals surface area contributed by atoms with Crippen LogP contribution >= 0.6 is 0 Å². The molecule has 4 nitrogen and oxygen atoms in total. The molecular weight excluding hydrogens is 257 g/mol. The molecule has 102 valence electrons. The van der Waals surface area contributed by atoms with Crippen LogP contribution in [-0.4, -0.2) is 9.97 Å². The molecule has 0 aliphatic carbocycles. The van der Waals surface area contributed by atoms with Gasteiger partial charge >= 0.3 is 0 Å². The number of nitriles is 1. The van der Waals surface area contributed by atoms with Gasteiger partial charge in [0.15, 0.2) is 11.6 Å². The van der Waals surface area contributed by atoms with Crippen LogP contribution in [0.1, 0.15) is 32.2 Å². The molecule has 0 N–H and O–H groups in total.